The molecule has 1 aliphatic carbocycles. The zero-order valence-corrected chi connectivity index (χ0v) is 15.5. The van der Waals surface area contributed by atoms with Crippen LogP contribution in [-0.4, -0.2) is 29.9 Å². The number of thiophene rings is 1. The number of amides is 1. The van der Waals surface area contributed by atoms with Gasteiger partial charge in [0, 0.05) is 4.88 Å². The van der Waals surface area contributed by atoms with E-state index >= 15 is 0 Å². The van der Waals surface area contributed by atoms with E-state index in [0.717, 1.165) is 56.1 Å². The molecule has 1 amide bonds. The Labute approximate surface area is 148 Å². The second-order valence-electron chi connectivity index (χ2n) is 7.26. The number of carbonyl (C=O) groups excluding carboxylic acids is 1. The summed E-state index contributed by atoms with van der Waals surface area (Å²) in [7, 11) is 0. The summed E-state index contributed by atoms with van der Waals surface area (Å²) in [6, 6.07) is 2.21. The number of hydrogen-bond acceptors (Lipinski definition) is 4. The molecule has 5 heteroatoms. The van der Waals surface area contributed by atoms with Gasteiger partial charge in [0.1, 0.15) is 11.1 Å². The number of aryl methyl sites for hydroxylation is 1. The molecule has 0 spiro atoms. The lowest BCUT2D eigenvalue weighted by molar-refractivity contribution is -0.121. The number of fused-ring (bicyclic) bond motifs is 1. The molecule has 1 aromatic heterocycles. The number of anilines is 1. The largest absolute Gasteiger partial charge is 0.315 e. The van der Waals surface area contributed by atoms with E-state index < -0.39 is 0 Å². The summed E-state index contributed by atoms with van der Waals surface area (Å²) in [5, 5.41) is 13.4. The topological polar surface area (TPSA) is 56.1 Å². The lowest BCUT2D eigenvalue weighted by atomic mass is 9.98. The van der Waals surface area contributed by atoms with Gasteiger partial charge in [-0.2, -0.15) is 5.26 Å². The van der Waals surface area contributed by atoms with Crippen LogP contribution in [0.4, 0.5) is 5.00 Å². The summed E-state index contributed by atoms with van der Waals surface area (Å²) in [6.45, 7) is 6.24. The Morgan fingerprint density at radius 2 is 2.00 bits per heavy atom. The van der Waals surface area contributed by atoms with Crippen LogP contribution in [0.3, 0.4) is 0 Å². The van der Waals surface area contributed by atoms with Crippen LogP contribution in [0, 0.1) is 17.2 Å². The van der Waals surface area contributed by atoms with Gasteiger partial charge in [0.05, 0.1) is 11.6 Å². The van der Waals surface area contributed by atoms with Gasteiger partial charge in [-0.1, -0.05) is 13.3 Å². The lowest BCUT2D eigenvalue weighted by Crippen LogP contribution is -2.45. The van der Waals surface area contributed by atoms with Gasteiger partial charge >= 0.3 is 0 Å². The number of nitrogens with zero attached hydrogens (tertiary/aromatic N) is 2. The Hall–Kier alpha value is -1.38. The van der Waals surface area contributed by atoms with Crippen LogP contribution in [0.5, 0.6) is 0 Å². The van der Waals surface area contributed by atoms with E-state index in [4.69, 9.17) is 0 Å². The quantitative estimate of drug-likeness (QED) is 0.844. The average Bonchev–Trinajstić information content (AvgIpc) is 2.75. The highest BCUT2D eigenvalue weighted by Gasteiger charge is 2.27. The first-order chi connectivity index (χ1) is 11.6. The molecule has 1 atom stereocenters. The van der Waals surface area contributed by atoms with Gasteiger partial charge in [-0.05, 0) is 70.0 Å². The Morgan fingerprint density at radius 1 is 1.29 bits per heavy atom. The minimum Gasteiger partial charge on any atom is -0.315 e. The van der Waals surface area contributed by atoms with E-state index in [-0.39, 0.29) is 11.9 Å². The van der Waals surface area contributed by atoms with Crippen molar-refractivity contribution in [1.82, 2.24) is 4.90 Å². The van der Waals surface area contributed by atoms with E-state index in [2.05, 4.69) is 23.2 Å². The maximum Gasteiger partial charge on any atom is 0.242 e. The molecule has 4 nitrogen and oxygen atoms in total. The Bertz CT molecular complexity index is 638. The molecular weight excluding hydrogens is 318 g/mol. The van der Waals surface area contributed by atoms with Crippen molar-refractivity contribution in [3.63, 3.8) is 0 Å². The standard InChI is InChI=1S/C19H27N3OS/c1-13-8-10-22(11-9-13)14(2)18(23)21-19-16(12-20)15-6-4-3-5-7-17(15)24-19/h13-14H,3-11H2,1-2H3,(H,21,23)/t14-/m0/s1. The molecule has 1 fully saturated rings. The van der Waals surface area contributed by atoms with Gasteiger partial charge in [0.25, 0.3) is 0 Å². The van der Waals surface area contributed by atoms with Crippen molar-refractivity contribution in [3.8, 4) is 6.07 Å². The molecule has 0 aromatic carbocycles. The first kappa shape index (κ1) is 17.4. The number of rotatable bonds is 3. The van der Waals surface area contributed by atoms with E-state index in [9.17, 15) is 10.1 Å². The van der Waals surface area contributed by atoms with Crippen molar-refractivity contribution < 1.29 is 4.79 Å². The van der Waals surface area contributed by atoms with E-state index in [1.54, 1.807) is 11.3 Å². The lowest BCUT2D eigenvalue weighted by Gasteiger charge is -2.34. The Balaban J connectivity index is 1.71. The molecule has 1 N–H and O–H groups in total. The SMILES string of the molecule is CC1CCN([C@@H](C)C(=O)Nc2sc3c(c2C#N)CCCCC3)CC1. The van der Waals surface area contributed by atoms with Gasteiger partial charge < -0.3 is 5.32 Å². The molecule has 1 aromatic rings. The molecule has 130 valence electrons. The summed E-state index contributed by atoms with van der Waals surface area (Å²) in [5.74, 6) is 0.784. The zero-order chi connectivity index (χ0) is 17.1. The highest BCUT2D eigenvalue weighted by molar-refractivity contribution is 7.16. The summed E-state index contributed by atoms with van der Waals surface area (Å²) < 4.78 is 0. The van der Waals surface area contributed by atoms with Gasteiger partial charge in [0.15, 0.2) is 0 Å². The Kier molecular flexibility index (Phi) is 5.57. The fourth-order valence-electron chi connectivity index (χ4n) is 3.75. The molecule has 1 aliphatic heterocycles. The van der Waals surface area contributed by atoms with Crippen LogP contribution in [0.2, 0.25) is 0 Å². The van der Waals surface area contributed by atoms with E-state index in [1.807, 2.05) is 6.92 Å². The molecule has 3 rings (SSSR count). The maximum absolute atomic E-state index is 12.7. The highest BCUT2D eigenvalue weighted by Crippen LogP contribution is 2.37. The number of likely N-dealkylation sites (tertiary alicyclic amines) is 1. The van der Waals surface area contributed by atoms with Crippen molar-refractivity contribution >= 4 is 22.2 Å². The summed E-state index contributed by atoms with van der Waals surface area (Å²) in [6.07, 6.45) is 7.91. The van der Waals surface area contributed by atoms with Crippen molar-refractivity contribution in [2.75, 3.05) is 18.4 Å². The normalized spacial score (nSPS) is 20.7. The number of nitriles is 1. The molecule has 0 unspecified atom stereocenters. The van der Waals surface area contributed by atoms with Crippen molar-refractivity contribution in [2.24, 2.45) is 5.92 Å². The van der Waals surface area contributed by atoms with Crippen LogP contribution in [0.15, 0.2) is 0 Å². The van der Waals surface area contributed by atoms with Gasteiger partial charge in [-0.15, -0.1) is 11.3 Å². The van der Waals surface area contributed by atoms with Crippen LogP contribution in [-0.2, 0) is 17.6 Å². The molecule has 2 heterocycles. The molecular formula is C19H27N3OS. The smallest absolute Gasteiger partial charge is 0.242 e. The van der Waals surface area contributed by atoms with Gasteiger partial charge in [-0.3, -0.25) is 9.69 Å². The summed E-state index contributed by atoms with van der Waals surface area (Å²) in [4.78, 5) is 16.3. The zero-order valence-electron chi connectivity index (χ0n) is 14.7. The van der Waals surface area contributed by atoms with E-state index in [1.165, 1.54) is 23.3 Å². The molecule has 24 heavy (non-hydrogen) atoms. The fraction of sp³-hybridized carbons (Fsp3) is 0.684. The van der Waals surface area contributed by atoms with Crippen LogP contribution in [0.1, 0.15) is 62.0 Å². The third-order valence-corrected chi connectivity index (χ3v) is 6.72. The predicted octanol–water partition coefficient (Wildman–Crippen LogP) is 3.95. The van der Waals surface area contributed by atoms with E-state index in [0.29, 0.717) is 5.56 Å². The third kappa shape index (κ3) is 3.65. The predicted molar refractivity (Wildman–Crippen MR) is 98.4 cm³/mol. The molecule has 0 radical (unpaired) electrons. The third-order valence-electron chi connectivity index (χ3n) is 5.52. The Morgan fingerprint density at radius 3 is 2.71 bits per heavy atom. The first-order valence-corrected chi connectivity index (χ1v) is 10.0. The minimum absolute atomic E-state index is 0.0254. The average molecular weight is 346 g/mol. The van der Waals surface area contributed by atoms with Gasteiger partial charge in [-0.25, -0.2) is 0 Å². The molecule has 0 bridgehead atoms. The highest BCUT2D eigenvalue weighted by atomic mass is 32.1. The van der Waals surface area contributed by atoms with Crippen molar-refractivity contribution in [1.29, 1.82) is 5.26 Å². The van der Waals surface area contributed by atoms with Crippen LogP contribution in [0.25, 0.3) is 0 Å². The maximum atomic E-state index is 12.7. The molecule has 0 saturated carbocycles. The number of carbonyl (C=O) groups is 1. The second-order valence-corrected chi connectivity index (χ2v) is 8.37. The van der Waals surface area contributed by atoms with Crippen molar-refractivity contribution in [2.45, 2.75) is 64.8 Å². The van der Waals surface area contributed by atoms with Crippen LogP contribution >= 0.6 is 11.3 Å². The monoisotopic (exact) mass is 345 g/mol. The van der Waals surface area contributed by atoms with Gasteiger partial charge in [0.2, 0.25) is 5.91 Å². The second kappa shape index (κ2) is 7.67. The molecule has 1 saturated heterocycles. The summed E-state index contributed by atoms with van der Waals surface area (Å²) >= 11 is 1.62. The van der Waals surface area contributed by atoms with Crippen LogP contribution < -0.4 is 5.32 Å². The fourth-order valence-corrected chi connectivity index (χ4v) is 4.99. The first-order valence-electron chi connectivity index (χ1n) is 9.19. The minimum atomic E-state index is -0.133. The molecule has 2 aliphatic rings. The number of hydrogen-bond donors (Lipinski definition) is 1. The van der Waals surface area contributed by atoms with Crippen molar-refractivity contribution in [3.05, 3.63) is 16.0 Å². The number of nitrogens with one attached hydrogen (secondary N) is 1. The number of piperidine rings is 1. The summed E-state index contributed by atoms with van der Waals surface area (Å²) in [5.41, 5.74) is 1.90.